The number of fused-ring (bicyclic) bond motifs is 1. The first-order chi connectivity index (χ1) is 8.31. The molecule has 0 unspecified atom stereocenters. The van der Waals surface area contributed by atoms with Crippen LogP contribution in [0.1, 0.15) is 33.6 Å². The summed E-state index contributed by atoms with van der Waals surface area (Å²) in [6.45, 7) is 16.2. The van der Waals surface area contributed by atoms with E-state index < -0.39 is 8.32 Å². The van der Waals surface area contributed by atoms with E-state index in [4.69, 9.17) is 4.43 Å². The first-order valence-electron chi connectivity index (χ1n) is 7.43. The third kappa shape index (κ3) is 2.98. The lowest BCUT2D eigenvalue weighted by Gasteiger charge is -2.41. The van der Waals surface area contributed by atoms with Gasteiger partial charge in [0.2, 0.25) is 0 Å². The molecule has 3 nitrogen and oxygen atoms in total. The van der Waals surface area contributed by atoms with E-state index >= 15 is 0 Å². The molecule has 0 aromatic heterocycles. The SMILES string of the molecule is CC(C)(C)[Si](C)(C)OC[C@@H]1NCCN2CCC[C@H]12. The fraction of sp³-hybridized carbons (Fsp3) is 1.00. The number of hydrogen-bond acceptors (Lipinski definition) is 3. The lowest BCUT2D eigenvalue weighted by molar-refractivity contribution is 0.119. The third-order valence-corrected chi connectivity index (χ3v) is 9.61. The Morgan fingerprint density at radius 1 is 1.28 bits per heavy atom. The Morgan fingerprint density at radius 2 is 2.00 bits per heavy atom. The highest BCUT2D eigenvalue weighted by Gasteiger charge is 2.40. The van der Waals surface area contributed by atoms with Gasteiger partial charge in [-0.2, -0.15) is 0 Å². The maximum absolute atomic E-state index is 6.39. The zero-order valence-electron chi connectivity index (χ0n) is 12.8. The average Bonchev–Trinajstić information content (AvgIpc) is 2.73. The molecule has 4 heteroatoms. The van der Waals surface area contributed by atoms with Crippen molar-refractivity contribution in [2.45, 2.75) is 63.8 Å². The lowest BCUT2D eigenvalue weighted by Crippen LogP contribution is -2.58. The zero-order chi connectivity index (χ0) is 13.4. The molecule has 0 aliphatic carbocycles. The van der Waals surface area contributed by atoms with Crippen LogP contribution in [0.3, 0.4) is 0 Å². The molecule has 2 aliphatic rings. The van der Waals surface area contributed by atoms with Gasteiger partial charge in [0.1, 0.15) is 0 Å². The molecular formula is C14H30N2OSi. The quantitative estimate of drug-likeness (QED) is 0.797. The molecule has 2 saturated heterocycles. The summed E-state index contributed by atoms with van der Waals surface area (Å²) in [7, 11) is -1.59. The zero-order valence-corrected chi connectivity index (χ0v) is 13.8. The van der Waals surface area contributed by atoms with E-state index in [-0.39, 0.29) is 0 Å². The largest absolute Gasteiger partial charge is 0.415 e. The van der Waals surface area contributed by atoms with Gasteiger partial charge in [0.15, 0.2) is 8.32 Å². The Kier molecular flexibility index (Phi) is 4.22. The number of nitrogens with one attached hydrogen (secondary N) is 1. The van der Waals surface area contributed by atoms with Crippen molar-refractivity contribution in [1.82, 2.24) is 10.2 Å². The van der Waals surface area contributed by atoms with E-state index in [0.29, 0.717) is 11.1 Å². The Morgan fingerprint density at radius 3 is 2.67 bits per heavy atom. The second-order valence-corrected chi connectivity index (χ2v) is 12.2. The highest BCUT2D eigenvalue weighted by atomic mass is 28.4. The molecule has 0 bridgehead atoms. The fourth-order valence-electron chi connectivity index (χ4n) is 2.80. The minimum atomic E-state index is -1.59. The summed E-state index contributed by atoms with van der Waals surface area (Å²) in [6, 6.07) is 1.28. The number of nitrogens with zero attached hydrogens (tertiary/aromatic N) is 1. The standard InChI is InChI=1S/C14H30N2OSi/c1-14(2,3)18(4,5)17-11-12-13-7-6-9-16(13)10-8-15-12/h12-13,15H,6-11H2,1-5H3/t12-,13+/m0/s1. The maximum atomic E-state index is 6.39. The van der Waals surface area contributed by atoms with E-state index in [1.807, 2.05) is 0 Å². The first-order valence-corrected chi connectivity index (χ1v) is 10.3. The highest BCUT2D eigenvalue weighted by molar-refractivity contribution is 6.74. The van der Waals surface area contributed by atoms with Gasteiger partial charge in [-0.25, -0.2) is 0 Å². The third-order valence-electron chi connectivity index (χ3n) is 5.11. The summed E-state index contributed by atoms with van der Waals surface area (Å²) < 4.78 is 6.39. The Balaban J connectivity index is 1.90. The highest BCUT2D eigenvalue weighted by Crippen LogP contribution is 2.37. The van der Waals surface area contributed by atoms with Crippen LogP contribution in [0.5, 0.6) is 0 Å². The van der Waals surface area contributed by atoms with Crippen LogP contribution in [-0.2, 0) is 4.43 Å². The van der Waals surface area contributed by atoms with Gasteiger partial charge in [0.25, 0.3) is 0 Å². The molecule has 0 amide bonds. The minimum Gasteiger partial charge on any atom is -0.415 e. The molecule has 0 aromatic carbocycles. The van der Waals surface area contributed by atoms with Crippen LogP contribution in [0.15, 0.2) is 0 Å². The average molecular weight is 270 g/mol. The molecule has 2 aliphatic heterocycles. The number of hydrogen-bond donors (Lipinski definition) is 1. The molecule has 2 rings (SSSR count). The van der Waals surface area contributed by atoms with Gasteiger partial charge in [-0.05, 0) is 37.5 Å². The molecule has 2 atom stereocenters. The van der Waals surface area contributed by atoms with Crippen molar-refractivity contribution in [3.05, 3.63) is 0 Å². The fourth-order valence-corrected chi connectivity index (χ4v) is 3.83. The molecule has 0 saturated carbocycles. The second-order valence-electron chi connectivity index (χ2n) is 7.38. The summed E-state index contributed by atoms with van der Waals surface area (Å²) in [5.41, 5.74) is 0. The van der Waals surface area contributed by atoms with Gasteiger partial charge in [-0.1, -0.05) is 20.8 Å². The van der Waals surface area contributed by atoms with Gasteiger partial charge in [-0.15, -0.1) is 0 Å². The molecule has 106 valence electrons. The van der Waals surface area contributed by atoms with Crippen molar-refractivity contribution >= 4 is 8.32 Å². The van der Waals surface area contributed by atoms with Crippen LogP contribution in [0.25, 0.3) is 0 Å². The monoisotopic (exact) mass is 270 g/mol. The van der Waals surface area contributed by atoms with Crippen molar-refractivity contribution in [3.63, 3.8) is 0 Å². The van der Waals surface area contributed by atoms with Crippen molar-refractivity contribution < 1.29 is 4.43 Å². The van der Waals surface area contributed by atoms with Crippen LogP contribution in [-0.4, -0.2) is 51.5 Å². The molecule has 1 N–H and O–H groups in total. The van der Waals surface area contributed by atoms with Crippen LogP contribution in [0, 0.1) is 0 Å². The predicted octanol–water partition coefficient (Wildman–Crippen LogP) is 2.44. The molecule has 2 fully saturated rings. The van der Waals surface area contributed by atoms with Crippen LogP contribution >= 0.6 is 0 Å². The lowest BCUT2D eigenvalue weighted by atomic mass is 10.0. The van der Waals surface area contributed by atoms with E-state index in [9.17, 15) is 0 Å². The van der Waals surface area contributed by atoms with E-state index in [2.05, 4.69) is 44.1 Å². The number of rotatable bonds is 3. The summed E-state index contributed by atoms with van der Waals surface area (Å²) >= 11 is 0. The van der Waals surface area contributed by atoms with Crippen molar-refractivity contribution in [3.8, 4) is 0 Å². The van der Waals surface area contributed by atoms with Gasteiger partial charge in [-0.3, -0.25) is 4.90 Å². The molecule has 0 radical (unpaired) electrons. The first kappa shape index (κ1) is 14.5. The summed E-state index contributed by atoms with van der Waals surface area (Å²) in [5.74, 6) is 0. The topological polar surface area (TPSA) is 24.5 Å². The van der Waals surface area contributed by atoms with Crippen LogP contribution in [0.4, 0.5) is 0 Å². The van der Waals surface area contributed by atoms with Gasteiger partial charge >= 0.3 is 0 Å². The summed E-state index contributed by atoms with van der Waals surface area (Å²) in [6.07, 6.45) is 2.71. The van der Waals surface area contributed by atoms with Crippen LogP contribution in [0.2, 0.25) is 18.1 Å². The maximum Gasteiger partial charge on any atom is 0.192 e. The van der Waals surface area contributed by atoms with Gasteiger partial charge in [0.05, 0.1) is 6.61 Å². The van der Waals surface area contributed by atoms with Crippen molar-refractivity contribution in [2.24, 2.45) is 0 Å². The van der Waals surface area contributed by atoms with Crippen LogP contribution < -0.4 is 5.32 Å². The number of piperazine rings is 1. The van der Waals surface area contributed by atoms with Crippen molar-refractivity contribution in [1.29, 1.82) is 0 Å². The smallest absolute Gasteiger partial charge is 0.192 e. The Bertz CT molecular complexity index is 288. The van der Waals surface area contributed by atoms with Crippen molar-refractivity contribution in [2.75, 3.05) is 26.2 Å². The molecule has 0 aromatic rings. The summed E-state index contributed by atoms with van der Waals surface area (Å²) in [4.78, 5) is 2.65. The molecule has 18 heavy (non-hydrogen) atoms. The predicted molar refractivity (Wildman–Crippen MR) is 79.5 cm³/mol. The second kappa shape index (κ2) is 5.23. The normalized spacial score (nSPS) is 30.5. The molecule has 2 heterocycles. The molecular weight excluding hydrogens is 240 g/mol. The molecule has 0 spiro atoms. The van der Waals surface area contributed by atoms with Gasteiger partial charge < -0.3 is 9.74 Å². The van der Waals surface area contributed by atoms with Gasteiger partial charge in [0, 0.05) is 25.2 Å². The van der Waals surface area contributed by atoms with E-state index in [1.54, 1.807) is 0 Å². The Hall–Kier alpha value is 0.0969. The van der Waals surface area contributed by atoms with E-state index in [1.165, 1.54) is 25.9 Å². The Labute approximate surface area is 113 Å². The summed E-state index contributed by atoms with van der Waals surface area (Å²) in [5, 5.41) is 3.99. The minimum absolute atomic E-state index is 0.316. The van der Waals surface area contributed by atoms with E-state index in [0.717, 1.165) is 19.2 Å².